The van der Waals surface area contributed by atoms with Crippen molar-refractivity contribution in [1.29, 1.82) is 0 Å². The van der Waals surface area contributed by atoms with E-state index in [0.29, 0.717) is 0 Å². The second kappa shape index (κ2) is 5.03. The van der Waals surface area contributed by atoms with Crippen molar-refractivity contribution in [2.24, 2.45) is 5.84 Å². The van der Waals surface area contributed by atoms with E-state index in [4.69, 9.17) is 16.3 Å². The third kappa shape index (κ3) is 2.01. The molecule has 0 spiro atoms. The number of nitrogens with two attached hydrogens (primary N) is 2. The molecule has 3 heterocycles. The smallest absolute Gasteiger partial charge is 0.280 e. The number of aliphatic hydroxyl groups excluding tert-OH is 2. The Morgan fingerprint density at radius 3 is 2.86 bits per heavy atom. The molecule has 0 bridgehead atoms. The first kappa shape index (κ1) is 14.4. The van der Waals surface area contributed by atoms with E-state index in [9.17, 15) is 19.8 Å². The van der Waals surface area contributed by atoms with E-state index >= 15 is 0 Å². The van der Waals surface area contributed by atoms with Gasteiger partial charge in [0.25, 0.3) is 11.5 Å². The summed E-state index contributed by atoms with van der Waals surface area (Å²) in [6, 6.07) is 0. The van der Waals surface area contributed by atoms with Gasteiger partial charge in [-0.25, -0.2) is 10.8 Å². The second-order valence-electron chi connectivity index (χ2n) is 4.71. The minimum absolute atomic E-state index is 0.0220. The number of nitrogens with one attached hydrogen (secondary N) is 2. The zero-order valence-electron chi connectivity index (χ0n) is 11.0. The van der Waals surface area contributed by atoms with Crippen molar-refractivity contribution in [2.45, 2.75) is 24.5 Å². The number of amides is 1. The summed E-state index contributed by atoms with van der Waals surface area (Å²) >= 11 is 0. The van der Waals surface area contributed by atoms with Crippen molar-refractivity contribution in [2.75, 3.05) is 5.73 Å². The first-order chi connectivity index (χ1) is 10.4. The number of imidazole rings is 1. The van der Waals surface area contributed by atoms with Gasteiger partial charge in [-0.1, -0.05) is 0 Å². The molecule has 1 aliphatic heterocycles. The number of ether oxygens (including phenoxy) is 1. The average Bonchev–Trinajstić information content (AvgIpc) is 3.01. The van der Waals surface area contributed by atoms with Gasteiger partial charge < -0.3 is 20.7 Å². The van der Waals surface area contributed by atoms with E-state index < -0.39 is 36.0 Å². The fraction of sp³-hybridized carbons (Fsp3) is 0.400. The number of nitrogens with zero attached hydrogens (tertiary/aromatic N) is 3. The zero-order chi connectivity index (χ0) is 16.0. The Balaban J connectivity index is 2.05. The summed E-state index contributed by atoms with van der Waals surface area (Å²) in [7, 11) is 0. The van der Waals surface area contributed by atoms with Crippen LogP contribution >= 0.6 is 0 Å². The number of H-pyrrole nitrogens is 1. The molecular weight excluding hydrogens is 298 g/mol. The van der Waals surface area contributed by atoms with Crippen LogP contribution in [0.2, 0.25) is 0 Å². The average molecular weight is 311 g/mol. The van der Waals surface area contributed by atoms with Gasteiger partial charge in [0.1, 0.15) is 12.2 Å². The summed E-state index contributed by atoms with van der Waals surface area (Å²) in [6.45, 7) is 0. The van der Waals surface area contributed by atoms with E-state index in [2.05, 4.69) is 15.0 Å². The molecule has 22 heavy (non-hydrogen) atoms. The Labute approximate surface area is 121 Å². The number of nitrogen functional groups attached to an aromatic ring is 1. The molecule has 118 valence electrons. The Hall–Kier alpha value is -2.54. The number of hydrogen-bond acceptors (Lipinski definition) is 9. The largest absolute Gasteiger partial charge is 0.387 e. The quantitative estimate of drug-likeness (QED) is 0.184. The first-order valence-electron chi connectivity index (χ1n) is 6.18. The molecule has 12 nitrogen and oxygen atoms in total. The molecule has 0 radical (unpaired) electrons. The zero-order valence-corrected chi connectivity index (χ0v) is 11.0. The lowest BCUT2D eigenvalue weighted by Crippen LogP contribution is -2.45. The van der Waals surface area contributed by atoms with E-state index in [1.807, 2.05) is 5.43 Å². The molecule has 1 amide bonds. The maximum atomic E-state index is 11.7. The number of carbonyl (C=O) groups excluding carboxylic acids is 1. The number of aliphatic hydroxyl groups is 2. The molecule has 0 aromatic carbocycles. The Kier molecular flexibility index (Phi) is 3.29. The molecule has 3 rings (SSSR count). The number of fused-ring (bicyclic) bond motifs is 1. The van der Waals surface area contributed by atoms with Crippen LogP contribution in [0.5, 0.6) is 0 Å². The Morgan fingerprint density at radius 2 is 2.18 bits per heavy atom. The van der Waals surface area contributed by atoms with Gasteiger partial charge in [-0.15, -0.1) is 0 Å². The van der Waals surface area contributed by atoms with E-state index in [0.717, 1.165) is 0 Å². The Bertz CT molecular complexity index is 786. The van der Waals surface area contributed by atoms with Crippen LogP contribution in [0.3, 0.4) is 0 Å². The number of anilines is 1. The van der Waals surface area contributed by atoms with Crippen LogP contribution < -0.4 is 22.6 Å². The van der Waals surface area contributed by atoms with Crippen LogP contribution in [0.4, 0.5) is 5.95 Å². The van der Waals surface area contributed by atoms with Crippen LogP contribution in [-0.2, 0) is 9.53 Å². The van der Waals surface area contributed by atoms with Gasteiger partial charge in [0.2, 0.25) is 5.95 Å². The van der Waals surface area contributed by atoms with Crippen molar-refractivity contribution in [3.8, 4) is 0 Å². The number of rotatable bonds is 2. The van der Waals surface area contributed by atoms with Gasteiger partial charge in [-0.05, 0) is 0 Å². The highest BCUT2D eigenvalue weighted by molar-refractivity contribution is 5.81. The summed E-state index contributed by atoms with van der Waals surface area (Å²) in [5.74, 6) is 4.04. The predicted molar refractivity (Wildman–Crippen MR) is 70.8 cm³/mol. The lowest BCUT2D eigenvalue weighted by Gasteiger charge is -2.16. The van der Waals surface area contributed by atoms with Gasteiger partial charge in [-0.2, -0.15) is 4.98 Å². The van der Waals surface area contributed by atoms with Gasteiger partial charge in [0, 0.05) is 0 Å². The van der Waals surface area contributed by atoms with Crippen molar-refractivity contribution in [3.05, 3.63) is 16.7 Å². The van der Waals surface area contributed by atoms with Gasteiger partial charge >= 0.3 is 0 Å². The number of aromatic nitrogens is 4. The second-order valence-corrected chi connectivity index (χ2v) is 4.71. The lowest BCUT2D eigenvalue weighted by molar-refractivity contribution is -0.137. The molecule has 0 saturated carbocycles. The van der Waals surface area contributed by atoms with Gasteiger partial charge in [0.05, 0.1) is 6.33 Å². The van der Waals surface area contributed by atoms with E-state index in [1.54, 1.807) is 0 Å². The van der Waals surface area contributed by atoms with Crippen LogP contribution in [0, 0.1) is 0 Å². The molecule has 2 aromatic heterocycles. The van der Waals surface area contributed by atoms with Crippen molar-refractivity contribution >= 4 is 23.0 Å². The third-order valence-electron chi connectivity index (χ3n) is 3.36. The van der Waals surface area contributed by atoms with E-state index in [-0.39, 0.29) is 17.1 Å². The van der Waals surface area contributed by atoms with Crippen LogP contribution in [0.15, 0.2) is 11.1 Å². The predicted octanol–water partition coefficient (Wildman–Crippen LogP) is -3.69. The van der Waals surface area contributed by atoms with E-state index in [1.165, 1.54) is 10.9 Å². The summed E-state index contributed by atoms with van der Waals surface area (Å²) in [5.41, 5.74) is 6.76. The molecule has 4 unspecified atom stereocenters. The van der Waals surface area contributed by atoms with Crippen LogP contribution in [-0.4, -0.2) is 54.0 Å². The highest BCUT2D eigenvalue weighted by atomic mass is 16.6. The maximum absolute atomic E-state index is 11.7. The van der Waals surface area contributed by atoms with Crippen molar-refractivity contribution in [3.63, 3.8) is 0 Å². The molecule has 1 aliphatic rings. The van der Waals surface area contributed by atoms with Gasteiger partial charge in [-0.3, -0.25) is 24.6 Å². The normalized spacial score (nSPS) is 28.1. The molecule has 8 N–H and O–H groups in total. The third-order valence-corrected chi connectivity index (χ3v) is 3.36. The summed E-state index contributed by atoms with van der Waals surface area (Å²) in [6.07, 6.45) is -4.33. The first-order valence-corrected chi connectivity index (χ1v) is 6.18. The minimum Gasteiger partial charge on any atom is -0.387 e. The summed E-state index contributed by atoms with van der Waals surface area (Å²) in [5, 5.41) is 19.9. The number of hydrogen-bond donors (Lipinski definition) is 6. The summed E-state index contributed by atoms with van der Waals surface area (Å²) in [4.78, 5) is 33.3. The van der Waals surface area contributed by atoms with Crippen LogP contribution in [0.25, 0.3) is 11.2 Å². The van der Waals surface area contributed by atoms with Crippen molar-refractivity contribution in [1.82, 2.24) is 24.9 Å². The Morgan fingerprint density at radius 1 is 1.45 bits per heavy atom. The van der Waals surface area contributed by atoms with Crippen molar-refractivity contribution < 1.29 is 19.7 Å². The molecule has 1 saturated heterocycles. The fourth-order valence-electron chi connectivity index (χ4n) is 2.32. The topological polar surface area (TPSA) is 194 Å². The molecule has 12 heteroatoms. The molecule has 1 fully saturated rings. The lowest BCUT2D eigenvalue weighted by atomic mass is 10.1. The fourth-order valence-corrected chi connectivity index (χ4v) is 2.32. The number of hydrazine groups is 1. The monoisotopic (exact) mass is 311 g/mol. The molecular formula is C10H13N7O5. The SMILES string of the molecule is NNC(=O)C1OC(n2cnc3c(=O)[nH]c(N)nc32)C(O)C1O. The molecule has 0 aliphatic carbocycles. The number of carbonyl (C=O) groups is 1. The highest BCUT2D eigenvalue weighted by Gasteiger charge is 2.47. The molecule has 4 atom stereocenters. The van der Waals surface area contributed by atoms with Crippen LogP contribution in [0.1, 0.15) is 6.23 Å². The summed E-state index contributed by atoms with van der Waals surface area (Å²) < 4.78 is 6.52. The molecule has 2 aromatic rings. The maximum Gasteiger partial charge on any atom is 0.280 e. The highest BCUT2D eigenvalue weighted by Crippen LogP contribution is 2.31. The minimum atomic E-state index is -1.51. The van der Waals surface area contributed by atoms with Gasteiger partial charge in [0.15, 0.2) is 23.5 Å². The number of aromatic amines is 1. The standard InChI is InChI=1S/C10H13N7O5/c11-10-14-6-2(7(20)15-10)13-1-17(6)9-4(19)3(18)5(22-9)8(21)16-12/h1,3-5,9,18-19H,12H2,(H,16,21)(H3,11,14,15,20).